The lowest BCUT2D eigenvalue weighted by Crippen LogP contribution is -2.39. The van der Waals surface area contributed by atoms with Crippen LogP contribution in [-0.4, -0.2) is 51.9 Å². The third kappa shape index (κ3) is 6.47. The van der Waals surface area contributed by atoms with Crippen LogP contribution in [0.3, 0.4) is 0 Å². The van der Waals surface area contributed by atoms with Gasteiger partial charge in [0.1, 0.15) is 0 Å². The average molecular weight is 413 g/mol. The quantitative estimate of drug-likeness (QED) is 0.532. The van der Waals surface area contributed by atoms with Crippen LogP contribution in [0.15, 0.2) is 35.7 Å². The molecule has 0 aromatic carbocycles. The van der Waals surface area contributed by atoms with Gasteiger partial charge in [-0.15, -0.1) is 0 Å². The highest BCUT2D eigenvalue weighted by Gasteiger charge is 2.25. The molecule has 0 bridgehead atoms. The first-order chi connectivity index (χ1) is 14.4. The molecule has 3 rings (SSSR count). The van der Waals surface area contributed by atoms with E-state index in [0.717, 1.165) is 37.5 Å². The summed E-state index contributed by atoms with van der Waals surface area (Å²) in [5.74, 6) is 2.89. The van der Waals surface area contributed by atoms with E-state index in [4.69, 9.17) is 4.74 Å². The summed E-state index contributed by atoms with van der Waals surface area (Å²) in [6.45, 7) is 9.27. The average Bonchev–Trinajstić information content (AvgIpc) is 3.31. The number of ether oxygens (including phenoxy) is 1. The molecule has 164 valence electrons. The first kappa shape index (κ1) is 22.1. The highest BCUT2D eigenvalue weighted by atomic mass is 16.5. The number of aromatic nitrogens is 3. The summed E-state index contributed by atoms with van der Waals surface area (Å²) in [4.78, 5) is 11.2. The smallest absolute Gasteiger partial charge is 0.213 e. The Morgan fingerprint density at radius 2 is 2.17 bits per heavy atom. The molecule has 0 amide bonds. The van der Waals surface area contributed by atoms with Crippen molar-refractivity contribution in [1.29, 1.82) is 0 Å². The molecular weight excluding hydrogens is 376 g/mol. The predicted molar refractivity (Wildman–Crippen MR) is 121 cm³/mol. The predicted octanol–water partition coefficient (Wildman–Crippen LogP) is 3.27. The molecule has 2 atom stereocenters. The van der Waals surface area contributed by atoms with Gasteiger partial charge in [-0.2, -0.15) is 5.10 Å². The van der Waals surface area contributed by atoms with Gasteiger partial charge in [-0.25, -0.2) is 4.98 Å². The van der Waals surface area contributed by atoms with Crippen molar-refractivity contribution in [2.24, 2.45) is 23.9 Å². The van der Waals surface area contributed by atoms with Crippen molar-refractivity contribution in [1.82, 2.24) is 25.0 Å². The van der Waals surface area contributed by atoms with Gasteiger partial charge in [0.25, 0.3) is 0 Å². The van der Waals surface area contributed by atoms with Crippen molar-refractivity contribution in [3.8, 4) is 5.88 Å². The molecule has 2 aromatic rings. The Balaban J connectivity index is 1.50. The van der Waals surface area contributed by atoms with E-state index < -0.39 is 0 Å². The van der Waals surface area contributed by atoms with Crippen molar-refractivity contribution >= 4 is 5.96 Å². The summed E-state index contributed by atoms with van der Waals surface area (Å²) >= 11 is 0. The van der Waals surface area contributed by atoms with Crippen molar-refractivity contribution < 1.29 is 4.74 Å². The van der Waals surface area contributed by atoms with Crippen molar-refractivity contribution in [3.05, 3.63) is 41.9 Å². The van der Waals surface area contributed by atoms with Gasteiger partial charge in [-0.05, 0) is 55.2 Å². The summed E-state index contributed by atoms with van der Waals surface area (Å²) in [7, 11) is 3.82. The Kier molecular flexibility index (Phi) is 7.71. The summed E-state index contributed by atoms with van der Waals surface area (Å²) in [5.41, 5.74) is 2.45. The minimum absolute atomic E-state index is 0.162. The second-order valence-electron chi connectivity index (χ2n) is 8.79. The highest BCUT2D eigenvalue weighted by molar-refractivity contribution is 5.80. The van der Waals surface area contributed by atoms with Crippen LogP contribution in [0, 0.1) is 11.8 Å². The molecule has 30 heavy (non-hydrogen) atoms. The SMILES string of the molecule is CN=C(NCc1ccnc(OC(C)CC(C)C)c1)N1CCC(Cc2cnn(C)c2)C1. The van der Waals surface area contributed by atoms with E-state index in [1.165, 1.54) is 12.0 Å². The number of nitrogens with one attached hydrogen (secondary N) is 1. The number of guanidine groups is 1. The molecule has 0 saturated carbocycles. The van der Waals surface area contributed by atoms with E-state index in [1.807, 2.05) is 43.3 Å². The number of nitrogens with zero attached hydrogens (tertiary/aromatic N) is 5. The normalized spacial score (nSPS) is 18.1. The second-order valence-corrected chi connectivity index (χ2v) is 8.79. The number of hydrogen-bond donors (Lipinski definition) is 1. The zero-order valence-electron chi connectivity index (χ0n) is 19.0. The fraction of sp³-hybridized carbons (Fsp3) is 0.609. The standard InChI is InChI=1S/C23H36N6O/c1-17(2)10-18(3)30-22-12-19(6-8-25-22)13-26-23(24-4)29-9-7-20(16-29)11-21-14-27-28(5)15-21/h6,8,12,14-15,17-18,20H,7,9-11,13,16H2,1-5H3,(H,24,26). The lowest BCUT2D eigenvalue weighted by atomic mass is 10.0. The number of likely N-dealkylation sites (tertiary alicyclic amines) is 1. The number of hydrogen-bond acceptors (Lipinski definition) is 4. The van der Waals surface area contributed by atoms with Gasteiger partial charge in [0.05, 0.1) is 12.3 Å². The van der Waals surface area contributed by atoms with Crippen LogP contribution in [0.1, 0.15) is 44.7 Å². The lowest BCUT2D eigenvalue weighted by molar-refractivity contribution is 0.185. The van der Waals surface area contributed by atoms with Gasteiger partial charge >= 0.3 is 0 Å². The Morgan fingerprint density at radius 3 is 2.87 bits per heavy atom. The number of pyridine rings is 1. The Morgan fingerprint density at radius 1 is 1.33 bits per heavy atom. The largest absolute Gasteiger partial charge is 0.475 e. The molecule has 1 fully saturated rings. The Bertz CT molecular complexity index is 831. The van der Waals surface area contributed by atoms with Crippen LogP contribution >= 0.6 is 0 Å². The second kappa shape index (κ2) is 10.5. The van der Waals surface area contributed by atoms with Gasteiger partial charge in [-0.3, -0.25) is 9.67 Å². The minimum Gasteiger partial charge on any atom is -0.475 e. The Hall–Kier alpha value is -2.57. The van der Waals surface area contributed by atoms with Gasteiger partial charge < -0.3 is 15.0 Å². The van der Waals surface area contributed by atoms with Crippen molar-refractivity contribution in [2.75, 3.05) is 20.1 Å². The zero-order valence-corrected chi connectivity index (χ0v) is 19.0. The summed E-state index contributed by atoms with van der Waals surface area (Å²) < 4.78 is 7.86. The van der Waals surface area contributed by atoms with Gasteiger partial charge in [0.2, 0.25) is 5.88 Å². The van der Waals surface area contributed by atoms with Crippen molar-refractivity contribution in [2.45, 2.75) is 52.7 Å². The molecule has 7 heteroatoms. The third-order valence-electron chi connectivity index (χ3n) is 5.46. The lowest BCUT2D eigenvalue weighted by Gasteiger charge is -2.22. The minimum atomic E-state index is 0.162. The van der Waals surface area contributed by atoms with Gasteiger partial charge in [0, 0.05) is 52.2 Å². The maximum Gasteiger partial charge on any atom is 0.213 e. The molecule has 0 spiro atoms. The van der Waals surface area contributed by atoms with E-state index in [0.29, 0.717) is 24.3 Å². The molecule has 2 aromatic heterocycles. The Labute approximate surface area is 180 Å². The summed E-state index contributed by atoms with van der Waals surface area (Å²) in [6.07, 6.45) is 9.33. The van der Waals surface area contributed by atoms with Gasteiger partial charge in [-0.1, -0.05) is 13.8 Å². The van der Waals surface area contributed by atoms with Crippen LogP contribution < -0.4 is 10.1 Å². The van der Waals surface area contributed by atoms with Crippen LogP contribution in [0.4, 0.5) is 0 Å². The third-order valence-corrected chi connectivity index (χ3v) is 5.46. The van der Waals surface area contributed by atoms with Crippen LogP contribution in [0.25, 0.3) is 0 Å². The molecule has 2 unspecified atom stereocenters. The highest BCUT2D eigenvalue weighted by Crippen LogP contribution is 2.21. The molecule has 7 nitrogen and oxygen atoms in total. The number of rotatable bonds is 8. The summed E-state index contributed by atoms with van der Waals surface area (Å²) in [6, 6.07) is 4.04. The molecule has 1 N–H and O–H groups in total. The maximum atomic E-state index is 5.98. The summed E-state index contributed by atoms with van der Waals surface area (Å²) in [5, 5.41) is 7.79. The van der Waals surface area contributed by atoms with E-state index in [9.17, 15) is 0 Å². The monoisotopic (exact) mass is 412 g/mol. The van der Waals surface area contributed by atoms with Crippen molar-refractivity contribution in [3.63, 3.8) is 0 Å². The fourth-order valence-electron chi connectivity index (χ4n) is 4.16. The number of aliphatic imine (C=N–C) groups is 1. The fourth-order valence-corrected chi connectivity index (χ4v) is 4.16. The topological polar surface area (TPSA) is 67.6 Å². The van der Waals surface area contributed by atoms with E-state index in [1.54, 1.807) is 0 Å². The zero-order chi connectivity index (χ0) is 21.5. The molecule has 1 aliphatic heterocycles. The molecular formula is C23H36N6O. The first-order valence-electron chi connectivity index (χ1n) is 11.0. The van der Waals surface area contributed by atoms with Gasteiger partial charge in [0.15, 0.2) is 5.96 Å². The first-order valence-corrected chi connectivity index (χ1v) is 11.0. The van der Waals surface area contributed by atoms with Crippen LogP contribution in [-0.2, 0) is 20.0 Å². The molecule has 3 heterocycles. The molecule has 1 saturated heterocycles. The molecule has 1 aliphatic rings. The van der Waals surface area contributed by atoms with Crippen LogP contribution in [0.5, 0.6) is 5.88 Å². The number of aryl methyl sites for hydroxylation is 1. The van der Waals surface area contributed by atoms with E-state index >= 15 is 0 Å². The van der Waals surface area contributed by atoms with E-state index in [2.05, 4.69) is 52.3 Å². The van der Waals surface area contributed by atoms with E-state index in [-0.39, 0.29) is 6.10 Å². The molecule has 0 aliphatic carbocycles. The van der Waals surface area contributed by atoms with Crippen LogP contribution in [0.2, 0.25) is 0 Å². The maximum absolute atomic E-state index is 5.98. The molecule has 0 radical (unpaired) electrons.